The molecule has 0 amide bonds. The zero-order valence-corrected chi connectivity index (χ0v) is 12.3. The average molecular weight is 231 g/mol. The molecule has 0 aliphatic heterocycles. The molecule has 2 atom stereocenters. The van der Waals surface area contributed by atoms with Crippen molar-refractivity contribution in [1.29, 1.82) is 0 Å². The van der Waals surface area contributed by atoms with Crippen molar-refractivity contribution in [3.63, 3.8) is 0 Å². The summed E-state index contributed by atoms with van der Waals surface area (Å²) in [6, 6.07) is 0. The van der Waals surface area contributed by atoms with Gasteiger partial charge in [-0.1, -0.05) is 34.1 Å². The molecule has 0 heterocycles. The second-order valence-electron chi connectivity index (χ2n) is 4.52. The Bertz CT molecular complexity index is 126. The summed E-state index contributed by atoms with van der Waals surface area (Å²) in [5, 5.41) is 9.30. The first-order valence-electron chi connectivity index (χ1n) is 6.94. The van der Waals surface area contributed by atoms with Gasteiger partial charge in [0.15, 0.2) is 0 Å². The molecule has 0 spiro atoms. The molecule has 0 saturated carbocycles. The molecule has 0 aliphatic carbocycles. The van der Waals surface area contributed by atoms with Gasteiger partial charge in [-0.05, 0) is 52.2 Å². The molecule has 0 saturated heterocycles. The molecule has 2 heteroatoms. The number of rotatable bonds is 8. The van der Waals surface area contributed by atoms with Gasteiger partial charge in [0.05, 0.1) is 6.10 Å². The number of aliphatic hydroxyl groups is 1. The molecule has 0 radical (unpaired) electrons. The SMILES string of the molecule is CC.CCCN(C)CCCCC(C)C(C)O. The first-order valence-corrected chi connectivity index (χ1v) is 6.94. The predicted octanol–water partition coefficient (Wildman–Crippen LogP) is 3.54. The quantitative estimate of drug-likeness (QED) is 0.646. The summed E-state index contributed by atoms with van der Waals surface area (Å²) in [4.78, 5) is 2.38. The summed E-state index contributed by atoms with van der Waals surface area (Å²) in [5.41, 5.74) is 0. The third-order valence-electron chi connectivity index (χ3n) is 2.88. The Balaban J connectivity index is 0. The monoisotopic (exact) mass is 231 g/mol. The van der Waals surface area contributed by atoms with Gasteiger partial charge in [0.1, 0.15) is 0 Å². The Hall–Kier alpha value is -0.0800. The normalized spacial score (nSPS) is 14.2. The number of aliphatic hydroxyl groups excluding tert-OH is 1. The largest absolute Gasteiger partial charge is 0.393 e. The van der Waals surface area contributed by atoms with Gasteiger partial charge in [0.25, 0.3) is 0 Å². The second-order valence-corrected chi connectivity index (χ2v) is 4.52. The van der Waals surface area contributed by atoms with E-state index in [9.17, 15) is 5.11 Å². The van der Waals surface area contributed by atoms with Gasteiger partial charge in [0.2, 0.25) is 0 Å². The molecule has 100 valence electrons. The maximum Gasteiger partial charge on any atom is 0.0537 e. The van der Waals surface area contributed by atoms with Crippen LogP contribution in [0.3, 0.4) is 0 Å². The molecule has 1 N–H and O–H groups in total. The molecule has 0 aliphatic rings. The Morgan fingerprint density at radius 1 is 1.06 bits per heavy atom. The third kappa shape index (κ3) is 12.0. The molecule has 0 aromatic rings. The van der Waals surface area contributed by atoms with Crippen molar-refractivity contribution in [2.45, 2.75) is 66.4 Å². The minimum absolute atomic E-state index is 0.150. The zero-order chi connectivity index (χ0) is 13.0. The van der Waals surface area contributed by atoms with Crippen LogP contribution < -0.4 is 0 Å². The van der Waals surface area contributed by atoms with Gasteiger partial charge in [-0.25, -0.2) is 0 Å². The first kappa shape index (κ1) is 18.3. The van der Waals surface area contributed by atoms with E-state index in [1.54, 1.807) is 0 Å². The molecule has 0 rings (SSSR count). The van der Waals surface area contributed by atoms with E-state index in [-0.39, 0.29) is 6.10 Å². The summed E-state index contributed by atoms with van der Waals surface area (Å²) < 4.78 is 0. The maximum absolute atomic E-state index is 9.30. The highest BCUT2D eigenvalue weighted by molar-refractivity contribution is 4.60. The molecule has 2 unspecified atom stereocenters. The third-order valence-corrected chi connectivity index (χ3v) is 2.88. The van der Waals surface area contributed by atoms with Gasteiger partial charge in [-0.15, -0.1) is 0 Å². The van der Waals surface area contributed by atoms with Crippen molar-refractivity contribution in [3.05, 3.63) is 0 Å². The smallest absolute Gasteiger partial charge is 0.0537 e. The molecule has 0 bridgehead atoms. The van der Waals surface area contributed by atoms with Gasteiger partial charge < -0.3 is 10.0 Å². The van der Waals surface area contributed by atoms with E-state index in [0.29, 0.717) is 5.92 Å². The molecule has 0 aromatic carbocycles. The van der Waals surface area contributed by atoms with Crippen LogP contribution >= 0.6 is 0 Å². The highest BCUT2D eigenvalue weighted by Crippen LogP contribution is 2.11. The number of unbranched alkanes of at least 4 members (excludes halogenated alkanes) is 1. The second kappa shape index (κ2) is 13.0. The maximum atomic E-state index is 9.30. The van der Waals surface area contributed by atoms with Crippen LogP contribution in [0.5, 0.6) is 0 Å². The number of hydrogen-bond acceptors (Lipinski definition) is 2. The van der Waals surface area contributed by atoms with Gasteiger partial charge >= 0.3 is 0 Å². The Labute approximate surface area is 103 Å². The van der Waals surface area contributed by atoms with Crippen LogP contribution in [0.2, 0.25) is 0 Å². The summed E-state index contributed by atoms with van der Waals surface area (Å²) in [6.07, 6.45) is 4.73. The van der Waals surface area contributed by atoms with Gasteiger partial charge in [-0.3, -0.25) is 0 Å². The number of nitrogens with zero attached hydrogens (tertiary/aromatic N) is 1. The van der Waals surface area contributed by atoms with Crippen LogP contribution in [0.25, 0.3) is 0 Å². The fraction of sp³-hybridized carbons (Fsp3) is 1.00. The van der Waals surface area contributed by atoms with E-state index in [0.717, 1.165) is 6.42 Å². The Morgan fingerprint density at radius 2 is 1.62 bits per heavy atom. The Morgan fingerprint density at radius 3 is 2.06 bits per heavy atom. The van der Waals surface area contributed by atoms with Crippen LogP contribution in [0.4, 0.5) is 0 Å². The summed E-state index contributed by atoms with van der Waals surface area (Å²) in [6.45, 7) is 12.6. The average Bonchev–Trinajstić information content (AvgIpc) is 2.27. The lowest BCUT2D eigenvalue weighted by atomic mass is 9.99. The molecular weight excluding hydrogens is 198 g/mol. The zero-order valence-electron chi connectivity index (χ0n) is 12.3. The lowest BCUT2D eigenvalue weighted by Gasteiger charge is -2.17. The van der Waals surface area contributed by atoms with Gasteiger partial charge in [0, 0.05) is 0 Å². The van der Waals surface area contributed by atoms with Crippen molar-refractivity contribution in [2.75, 3.05) is 20.1 Å². The van der Waals surface area contributed by atoms with Crippen LogP contribution in [0.1, 0.15) is 60.3 Å². The van der Waals surface area contributed by atoms with Crippen molar-refractivity contribution in [2.24, 2.45) is 5.92 Å². The summed E-state index contributed by atoms with van der Waals surface area (Å²) in [7, 11) is 2.18. The molecular formula is C14H33NO. The van der Waals surface area contributed by atoms with E-state index >= 15 is 0 Å². The van der Waals surface area contributed by atoms with Crippen LogP contribution in [0, 0.1) is 5.92 Å². The van der Waals surface area contributed by atoms with E-state index in [2.05, 4.69) is 25.8 Å². The van der Waals surface area contributed by atoms with Crippen LogP contribution in [-0.4, -0.2) is 36.2 Å². The first-order chi connectivity index (χ1) is 7.57. The van der Waals surface area contributed by atoms with E-state index in [1.807, 2.05) is 20.8 Å². The van der Waals surface area contributed by atoms with Crippen LogP contribution in [0.15, 0.2) is 0 Å². The number of hydrogen-bond donors (Lipinski definition) is 1. The van der Waals surface area contributed by atoms with Crippen molar-refractivity contribution in [3.8, 4) is 0 Å². The van der Waals surface area contributed by atoms with E-state index < -0.39 is 0 Å². The lowest BCUT2D eigenvalue weighted by molar-refractivity contribution is 0.128. The molecule has 16 heavy (non-hydrogen) atoms. The highest BCUT2D eigenvalue weighted by atomic mass is 16.3. The standard InChI is InChI=1S/C12H27NO.C2H6/c1-5-9-13(4)10-7-6-8-11(2)12(3)14;1-2/h11-12,14H,5-10H2,1-4H3;1-2H3. The molecule has 0 fully saturated rings. The summed E-state index contributed by atoms with van der Waals surface area (Å²) >= 11 is 0. The van der Waals surface area contributed by atoms with Crippen molar-refractivity contribution < 1.29 is 5.11 Å². The van der Waals surface area contributed by atoms with Crippen LogP contribution in [-0.2, 0) is 0 Å². The van der Waals surface area contributed by atoms with E-state index in [1.165, 1.54) is 32.4 Å². The predicted molar refractivity (Wildman–Crippen MR) is 73.8 cm³/mol. The van der Waals surface area contributed by atoms with Crippen molar-refractivity contribution >= 4 is 0 Å². The highest BCUT2D eigenvalue weighted by Gasteiger charge is 2.07. The topological polar surface area (TPSA) is 23.5 Å². The molecule has 2 nitrogen and oxygen atoms in total. The fourth-order valence-corrected chi connectivity index (χ4v) is 1.58. The lowest BCUT2D eigenvalue weighted by Crippen LogP contribution is -2.20. The Kier molecular flexibility index (Phi) is 14.8. The minimum Gasteiger partial charge on any atom is -0.393 e. The van der Waals surface area contributed by atoms with Gasteiger partial charge in [-0.2, -0.15) is 0 Å². The van der Waals surface area contributed by atoms with Crippen molar-refractivity contribution in [1.82, 2.24) is 4.90 Å². The van der Waals surface area contributed by atoms with E-state index in [4.69, 9.17) is 0 Å². The fourth-order valence-electron chi connectivity index (χ4n) is 1.58. The molecule has 0 aromatic heterocycles. The summed E-state index contributed by atoms with van der Waals surface area (Å²) in [5.74, 6) is 0.450. The minimum atomic E-state index is -0.150.